The first kappa shape index (κ1) is 25.0. The molecule has 0 unspecified atom stereocenters. The highest BCUT2D eigenvalue weighted by molar-refractivity contribution is 5.84. The monoisotopic (exact) mass is 527 g/mol. The number of hydrogen-bond donors (Lipinski definition) is 1. The van der Waals surface area contributed by atoms with Crippen LogP contribution in [0.15, 0.2) is 64.3 Å². The van der Waals surface area contributed by atoms with E-state index in [0.717, 1.165) is 41.3 Å². The Hall–Kier alpha value is -4.31. The Morgan fingerprint density at radius 3 is 2.72 bits per heavy atom. The average Bonchev–Trinajstić information content (AvgIpc) is 3.31. The number of aromatic nitrogens is 5. The van der Waals surface area contributed by atoms with Crippen molar-refractivity contribution < 1.29 is 4.39 Å². The lowest BCUT2D eigenvalue weighted by Crippen LogP contribution is -2.44. The molecular formula is C29H30FN7O2. The maximum Gasteiger partial charge on any atom is 0.332 e. The zero-order valence-electron chi connectivity index (χ0n) is 22.0. The first-order valence-corrected chi connectivity index (χ1v) is 13.1. The van der Waals surface area contributed by atoms with Crippen LogP contribution in [-0.4, -0.2) is 42.8 Å². The van der Waals surface area contributed by atoms with Crippen LogP contribution >= 0.6 is 0 Å². The zero-order valence-corrected chi connectivity index (χ0v) is 22.0. The molecule has 2 aromatic carbocycles. The molecule has 0 aliphatic carbocycles. The number of piperidine rings is 1. The molecule has 0 amide bonds. The molecule has 39 heavy (non-hydrogen) atoms. The molecule has 1 fully saturated rings. The minimum Gasteiger partial charge on any atom is -0.341 e. The molecule has 6 rings (SSSR count). The number of pyridine rings is 1. The summed E-state index contributed by atoms with van der Waals surface area (Å²) in [6.07, 6.45) is 3.47. The van der Waals surface area contributed by atoms with Crippen molar-refractivity contribution in [2.45, 2.75) is 38.9 Å². The zero-order chi connectivity index (χ0) is 27.3. The van der Waals surface area contributed by atoms with Gasteiger partial charge in [0.05, 0.1) is 18.8 Å². The second kappa shape index (κ2) is 9.77. The largest absolute Gasteiger partial charge is 0.341 e. The first-order chi connectivity index (χ1) is 18.8. The topological polar surface area (TPSA) is 104 Å². The summed E-state index contributed by atoms with van der Waals surface area (Å²) in [5.74, 6) is 0.199. The van der Waals surface area contributed by atoms with Gasteiger partial charge in [0.15, 0.2) is 11.2 Å². The Morgan fingerprint density at radius 2 is 1.90 bits per heavy atom. The van der Waals surface area contributed by atoms with Gasteiger partial charge in [-0.05, 0) is 54.5 Å². The fraction of sp³-hybridized carbons (Fsp3) is 0.310. The molecule has 0 bridgehead atoms. The van der Waals surface area contributed by atoms with Crippen molar-refractivity contribution in [3.63, 3.8) is 0 Å². The van der Waals surface area contributed by atoms with Crippen LogP contribution in [0.3, 0.4) is 0 Å². The van der Waals surface area contributed by atoms with Gasteiger partial charge in [0.25, 0.3) is 5.56 Å². The van der Waals surface area contributed by atoms with E-state index in [2.05, 4.69) is 9.88 Å². The Bertz CT molecular complexity index is 1830. The van der Waals surface area contributed by atoms with Gasteiger partial charge in [-0.2, -0.15) is 4.98 Å². The SMILES string of the molecule is Cc1ccc(F)cc1Cn1c(N2CCC[C@@H](N)C2)nc2c1c(=O)n(Cc1nccc3ccccc13)c(=O)n2C. The molecule has 200 valence electrons. The van der Waals surface area contributed by atoms with Gasteiger partial charge in [-0.15, -0.1) is 0 Å². The maximum absolute atomic E-state index is 14.3. The number of aryl methyl sites for hydroxylation is 2. The first-order valence-electron chi connectivity index (χ1n) is 13.1. The molecule has 1 aliphatic rings. The van der Waals surface area contributed by atoms with Crippen molar-refractivity contribution in [3.05, 3.63) is 98.2 Å². The highest BCUT2D eigenvalue weighted by Gasteiger charge is 2.27. The molecule has 9 nitrogen and oxygen atoms in total. The van der Waals surface area contributed by atoms with Crippen LogP contribution in [0.2, 0.25) is 0 Å². The average molecular weight is 528 g/mol. The van der Waals surface area contributed by atoms with E-state index in [4.69, 9.17) is 10.7 Å². The van der Waals surface area contributed by atoms with Crippen LogP contribution in [0.4, 0.5) is 10.3 Å². The molecular weight excluding hydrogens is 497 g/mol. The summed E-state index contributed by atoms with van der Waals surface area (Å²) in [5.41, 5.74) is 8.17. The number of rotatable bonds is 5. The van der Waals surface area contributed by atoms with Gasteiger partial charge >= 0.3 is 5.69 Å². The summed E-state index contributed by atoms with van der Waals surface area (Å²) >= 11 is 0. The van der Waals surface area contributed by atoms with Crippen molar-refractivity contribution in [2.24, 2.45) is 12.8 Å². The van der Waals surface area contributed by atoms with Crippen molar-refractivity contribution in [1.29, 1.82) is 0 Å². The number of nitrogens with two attached hydrogens (primary N) is 1. The second-order valence-corrected chi connectivity index (χ2v) is 10.3. The summed E-state index contributed by atoms with van der Waals surface area (Å²) in [6, 6.07) is 14.2. The molecule has 1 saturated heterocycles. The van der Waals surface area contributed by atoms with Gasteiger partial charge in [-0.3, -0.25) is 23.5 Å². The number of fused-ring (bicyclic) bond motifs is 2. The lowest BCUT2D eigenvalue weighted by molar-refractivity contribution is 0.495. The molecule has 5 aromatic rings. The molecule has 0 radical (unpaired) electrons. The fourth-order valence-corrected chi connectivity index (χ4v) is 5.52. The van der Waals surface area contributed by atoms with Crippen LogP contribution in [0, 0.1) is 12.7 Å². The lowest BCUT2D eigenvalue weighted by Gasteiger charge is -2.32. The van der Waals surface area contributed by atoms with Crippen LogP contribution in [0.1, 0.15) is 29.7 Å². The highest BCUT2D eigenvalue weighted by Crippen LogP contribution is 2.25. The quantitative estimate of drug-likeness (QED) is 0.377. The van der Waals surface area contributed by atoms with Gasteiger partial charge in [0.1, 0.15) is 5.82 Å². The number of halogens is 1. The van der Waals surface area contributed by atoms with E-state index in [1.807, 2.05) is 41.8 Å². The third-order valence-corrected chi connectivity index (χ3v) is 7.66. The summed E-state index contributed by atoms with van der Waals surface area (Å²) in [4.78, 5) is 39.0. The van der Waals surface area contributed by atoms with Crippen LogP contribution in [-0.2, 0) is 20.1 Å². The van der Waals surface area contributed by atoms with E-state index in [1.54, 1.807) is 19.3 Å². The van der Waals surface area contributed by atoms with Gasteiger partial charge in [-0.1, -0.05) is 30.3 Å². The summed E-state index contributed by atoms with van der Waals surface area (Å²) in [5, 5.41) is 1.85. The molecule has 4 heterocycles. The molecule has 10 heteroatoms. The van der Waals surface area contributed by atoms with Crippen molar-refractivity contribution in [1.82, 2.24) is 23.7 Å². The molecule has 1 aliphatic heterocycles. The normalized spacial score (nSPS) is 15.9. The molecule has 1 atom stereocenters. The summed E-state index contributed by atoms with van der Waals surface area (Å²) < 4.78 is 18.7. The lowest BCUT2D eigenvalue weighted by atomic mass is 10.1. The number of benzene rings is 2. The Labute approximate surface area is 223 Å². The molecule has 3 aromatic heterocycles. The smallest absolute Gasteiger partial charge is 0.332 e. The van der Waals surface area contributed by atoms with Crippen molar-refractivity contribution in [3.8, 4) is 0 Å². The van der Waals surface area contributed by atoms with Crippen molar-refractivity contribution in [2.75, 3.05) is 18.0 Å². The third kappa shape index (κ3) is 4.40. The van der Waals surface area contributed by atoms with E-state index in [1.165, 1.54) is 21.3 Å². The highest BCUT2D eigenvalue weighted by atomic mass is 19.1. The summed E-state index contributed by atoms with van der Waals surface area (Å²) in [6.45, 7) is 3.44. The molecule has 2 N–H and O–H groups in total. The number of hydrogen-bond acceptors (Lipinski definition) is 6. The van der Waals surface area contributed by atoms with Crippen molar-refractivity contribution >= 4 is 27.9 Å². The van der Waals surface area contributed by atoms with E-state index < -0.39 is 11.2 Å². The summed E-state index contributed by atoms with van der Waals surface area (Å²) in [7, 11) is 1.62. The minimum atomic E-state index is -0.476. The predicted octanol–water partition coefficient (Wildman–Crippen LogP) is 2.92. The minimum absolute atomic E-state index is 0.0108. The van der Waals surface area contributed by atoms with E-state index in [9.17, 15) is 14.0 Å². The maximum atomic E-state index is 14.3. The third-order valence-electron chi connectivity index (χ3n) is 7.66. The Kier molecular flexibility index (Phi) is 6.26. The van der Waals surface area contributed by atoms with E-state index >= 15 is 0 Å². The predicted molar refractivity (Wildman–Crippen MR) is 150 cm³/mol. The fourth-order valence-electron chi connectivity index (χ4n) is 5.52. The van der Waals surface area contributed by atoms with Gasteiger partial charge in [0, 0.05) is 37.8 Å². The number of nitrogens with zero attached hydrogens (tertiary/aromatic N) is 6. The number of imidazole rings is 1. The van der Waals surface area contributed by atoms with Gasteiger partial charge < -0.3 is 10.6 Å². The van der Waals surface area contributed by atoms with Crippen LogP contribution in [0.25, 0.3) is 21.9 Å². The van der Waals surface area contributed by atoms with Crippen LogP contribution in [0.5, 0.6) is 0 Å². The Balaban J connectivity index is 1.58. The standard InChI is InChI=1S/C29H30FN7O2/c1-18-9-10-21(30)14-20(18)15-36-25-26(33-28(36)35-13-5-7-22(31)16-35)34(2)29(39)37(27(25)38)17-24-23-8-4-3-6-19(23)11-12-32-24/h3-4,6,8-12,14,22H,5,7,13,15-17,31H2,1-2H3/t22-/m1/s1. The van der Waals surface area contributed by atoms with Gasteiger partial charge in [0.2, 0.25) is 5.95 Å². The molecule has 0 spiro atoms. The van der Waals surface area contributed by atoms with E-state index in [-0.39, 0.29) is 36.1 Å². The number of anilines is 1. The van der Waals surface area contributed by atoms with E-state index in [0.29, 0.717) is 18.2 Å². The Morgan fingerprint density at radius 1 is 1.08 bits per heavy atom. The second-order valence-electron chi connectivity index (χ2n) is 10.3. The molecule has 0 saturated carbocycles. The van der Waals surface area contributed by atoms with Crippen LogP contribution < -0.4 is 21.9 Å². The van der Waals surface area contributed by atoms with Gasteiger partial charge in [-0.25, -0.2) is 9.18 Å².